The van der Waals surface area contributed by atoms with Gasteiger partial charge in [-0.3, -0.25) is 4.98 Å². The molecule has 0 amide bonds. The van der Waals surface area contributed by atoms with E-state index in [1.165, 1.54) is 19.2 Å². The van der Waals surface area contributed by atoms with Gasteiger partial charge in [0.05, 0.1) is 22.6 Å². The second kappa shape index (κ2) is 9.85. The highest BCUT2D eigenvalue weighted by Gasteiger charge is 2.43. The third-order valence-corrected chi connectivity index (χ3v) is 7.91. The summed E-state index contributed by atoms with van der Waals surface area (Å²) in [6.45, 7) is 5.16. The third-order valence-electron chi connectivity index (χ3n) is 5.78. The number of ether oxygens (including phenoxy) is 1. The molecule has 0 aliphatic rings. The zero-order valence-electron chi connectivity index (χ0n) is 19.4. The van der Waals surface area contributed by atoms with Crippen molar-refractivity contribution in [3.8, 4) is 11.1 Å². The fourth-order valence-electron chi connectivity index (χ4n) is 3.93. The van der Waals surface area contributed by atoms with E-state index >= 15 is 0 Å². The molecule has 2 aromatic carbocycles. The maximum Gasteiger partial charge on any atom is 0.417 e. The highest BCUT2D eigenvalue weighted by Crippen LogP contribution is 2.39. The Kier molecular flexibility index (Phi) is 7.50. The Morgan fingerprint density at radius 1 is 1.03 bits per heavy atom. The van der Waals surface area contributed by atoms with Crippen molar-refractivity contribution >= 4 is 10.0 Å². The zero-order valence-corrected chi connectivity index (χ0v) is 20.2. The number of methoxy groups -OCH3 is 1. The molecule has 0 aliphatic heterocycles. The molecule has 3 rings (SSSR count). The molecule has 0 bridgehead atoms. The fraction of sp³-hybridized carbons (Fsp3) is 0.320. The van der Waals surface area contributed by atoms with Crippen LogP contribution in [-0.4, -0.2) is 38.0 Å². The lowest BCUT2D eigenvalue weighted by molar-refractivity contribution is -0.140. The van der Waals surface area contributed by atoms with Crippen molar-refractivity contribution in [3.05, 3.63) is 83.7 Å². The summed E-state index contributed by atoms with van der Waals surface area (Å²) in [5, 5.41) is 0. The average molecular weight is 493 g/mol. The zero-order chi connectivity index (χ0) is 25.1. The Hall–Kier alpha value is -2.75. The number of nitrogens with zero attached hydrogens (tertiary/aromatic N) is 2. The quantitative estimate of drug-likeness (QED) is 0.408. The number of alkyl halides is 3. The van der Waals surface area contributed by atoms with Crippen LogP contribution in [0.25, 0.3) is 11.1 Å². The predicted octanol–water partition coefficient (Wildman–Crippen LogP) is 5.65. The monoisotopic (exact) mass is 492 g/mol. The largest absolute Gasteiger partial charge is 0.417 e. The van der Waals surface area contributed by atoms with Gasteiger partial charge in [0.1, 0.15) is 0 Å². The van der Waals surface area contributed by atoms with Gasteiger partial charge in [0.2, 0.25) is 10.0 Å². The summed E-state index contributed by atoms with van der Waals surface area (Å²) in [6, 6.07) is 13.4. The summed E-state index contributed by atoms with van der Waals surface area (Å²) in [4.78, 5) is 3.32. The molecule has 1 aromatic heterocycles. The number of hydrogen-bond donors (Lipinski definition) is 0. The van der Waals surface area contributed by atoms with Crippen molar-refractivity contribution in [1.29, 1.82) is 0 Å². The molecule has 5 nitrogen and oxygen atoms in total. The van der Waals surface area contributed by atoms with Crippen LogP contribution in [0.2, 0.25) is 0 Å². The number of rotatable bonds is 8. The Bertz CT molecular complexity index is 1260. The second-order valence-electron chi connectivity index (χ2n) is 8.39. The van der Waals surface area contributed by atoms with E-state index in [9.17, 15) is 21.6 Å². The molecular formula is C25H27F3N2O3S. The summed E-state index contributed by atoms with van der Waals surface area (Å²) in [6.07, 6.45) is -1.42. The van der Waals surface area contributed by atoms with Crippen molar-refractivity contribution in [3.63, 3.8) is 0 Å². The Labute approximate surface area is 198 Å². The van der Waals surface area contributed by atoms with Crippen molar-refractivity contribution in [2.45, 2.75) is 37.4 Å². The van der Waals surface area contributed by atoms with Gasteiger partial charge in [-0.05, 0) is 67.3 Å². The smallest absolute Gasteiger partial charge is 0.383 e. The molecule has 0 spiro atoms. The van der Waals surface area contributed by atoms with Gasteiger partial charge in [-0.15, -0.1) is 0 Å². The van der Waals surface area contributed by atoms with Crippen LogP contribution in [0.3, 0.4) is 0 Å². The van der Waals surface area contributed by atoms with Crippen LogP contribution in [-0.2, 0) is 26.5 Å². The number of halogens is 3. The van der Waals surface area contributed by atoms with Crippen molar-refractivity contribution < 1.29 is 26.3 Å². The highest BCUT2D eigenvalue weighted by molar-refractivity contribution is 7.89. The van der Waals surface area contributed by atoms with Crippen LogP contribution < -0.4 is 0 Å². The summed E-state index contributed by atoms with van der Waals surface area (Å²) in [5.41, 5.74) is 0.972. The first-order chi connectivity index (χ1) is 15.9. The van der Waals surface area contributed by atoms with Gasteiger partial charge < -0.3 is 4.74 Å². The number of hydrogen-bond acceptors (Lipinski definition) is 4. The van der Waals surface area contributed by atoms with E-state index in [1.807, 2.05) is 25.1 Å². The topological polar surface area (TPSA) is 59.5 Å². The van der Waals surface area contributed by atoms with Crippen molar-refractivity contribution in [1.82, 2.24) is 9.29 Å². The van der Waals surface area contributed by atoms with Gasteiger partial charge in [-0.1, -0.05) is 30.3 Å². The molecule has 0 N–H and O–H groups in total. The lowest BCUT2D eigenvalue weighted by Crippen LogP contribution is -2.47. The molecule has 0 aliphatic carbocycles. The summed E-state index contributed by atoms with van der Waals surface area (Å²) in [5.74, 6) is 0. The number of sulfonamides is 1. The van der Waals surface area contributed by atoms with E-state index in [4.69, 9.17) is 4.74 Å². The molecule has 0 saturated heterocycles. The minimum atomic E-state index is -4.82. The first kappa shape index (κ1) is 25.9. The van der Waals surface area contributed by atoms with Crippen LogP contribution >= 0.6 is 0 Å². The molecule has 0 saturated carbocycles. The first-order valence-corrected chi connectivity index (χ1v) is 12.0. The van der Waals surface area contributed by atoms with E-state index in [2.05, 4.69) is 4.98 Å². The van der Waals surface area contributed by atoms with E-state index in [-0.39, 0.29) is 13.2 Å². The lowest BCUT2D eigenvalue weighted by atomic mass is 9.90. The standard InChI is InChI=1S/C25H27F3N2O3S/c1-18-17-29-13-12-21(18)19-8-7-9-20(16-19)24(2,3)30(14-15-33-4)34(31,32)23-11-6-5-10-22(23)25(26,27)28/h5-13,16-17H,14-15H2,1-4H3. The Morgan fingerprint density at radius 3 is 2.38 bits per heavy atom. The van der Waals surface area contributed by atoms with Gasteiger partial charge in [0.15, 0.2) is 0 Å². The van der Waals surface area contributed by atoms with Crippen molar-refractivity contribution in [2.75, 3.05) is 20.3 Å². The summed E-state index contributed by atoms with van der Waals surface area (Å²) >= 11 is 0. The normalized spacial score (nSPS) is 12.8. The van der Waals surface area contributed by atoms with Gasteiger partial charge in [0, 0.05) is 26.0 Å². The van der Waals surface area contributed by atoms with Gasteiger partial charge >= 0.3 is 6.18 Å². The Balaban J connectivity index is 2.15. The molecule has 34 heavy (non-hydrogen) atoms. The molecule has 0 atom stereocenters. The minimum absolute atomic E-state index is 0.0139. The molecular weight excluding hydrogens is 465 g/mol. The molecule has 0 fully saturated rings. The van der Waals surface area contributed by atoms with Gasteiger partial charge in [-0.2, -0.15) is 17.5 Å². The highest BCUT2D eigenvalue weighted by atomic mass is 32.2. The van der Waals surface area contributed by atoms with E-state index in [0.717, 1.165) is 33.1 Å². The first-order valence-electron chi connectivity index (χ1n) is 10.6. The van der Waals surface area contributed by atoms with Crippen LogP contribution in [0.1, 0.15) is 30.5 Å². The average Bonchev–Trinajstić information content (AvgIpc) is 2.79. The minimum Gasteiger partial charge on any atom is -0.383 e. The van der Waals surface area contributed by atoms with Crippen LogP contribution in [0.4, 0.5) is 13.2 Å². The third kappa shape index (κ3) is 5.16. The maximum atomic E-state index is 13.7. The van der Waals surface area contributed by atoms with Gasteiger partial charge in [0.25, 0.3) is 0 Å². The number of aryl methyl sites for hydroxylation is 1. The van der Waals surface area contributed by atoms with Crippen LogP contribution in [0, 0.1) is 6.92 Å². The summed E-state index contributed by atoms with van der Waals surface area (Å²) in [7, 11) is -3.14. The number of aromatic nitrogens is 1. The molecule has 9 heteroatoms. The Morgan fingerprint density at radius 2 is 1.74 bits per heavy atom. The van der Waals surface area contributed by atoms with Gasteiger partial charge in [-0.25, -0.2) is 8.42 Å². The molecule has 3 aromatic rings. The van der Waals surface area contributed by atoms with E-state index in [0.29, 0.717) is 5.56 Å². The summed E-state index contributed by atoms with van der Waals surface area (Å²) < 4.78 is 74.6. The predicted molar refractivity (Wildman–Crippen MR) is 125 cm³/mol. The number of benzene rings is 2. The van der Waals surface area contributed by atoms with E-state index < -0.39 is 32.2 Å². The van der Waals surface area contributed by atoms with Crippen LogP contribution in [0.5, 0.6) is 0 Å². The maximum absolute atomic E-state index is 13.7. The lowest BCUT2D eigenvalue weighted by Gasteiger charge is -2.38. The molecule has 0 unspecified atom stereocenters. The van der Waals surface area contributed by atoms with Crippen molar-refractivity contribution in [2.24, 2.45) is 0 Å². The number of pyridine rings is 1. The molecule has 0 radical (unpaired) electrons. The van der Waals surface area contributed by atoms with E-state index in [1.54, 1.807) is 38.4 Å². The SMILES string of the molecule is COCCN(C(C)(C)c1cccc(-c2ccncc2C)c1)S(=O)(=O)c1ccccc1C(F)(F)F. The molecule has 182 valence electrons. The molecule has 1 heterocycles. The second-order valence-corrected chi connectivity index (χ2v) is 10.2. The van der Waals surface area contributed by atoms with Crippen LogP contribution in [0.15, 0.2) is 71.9 Å². The fourth-order valence-corrected chi connectivity index (χ4v) is 5.90.